The molecule has 1 saturated heterocycles. The van der Waals surface area contributed by atoms with Gasteiger partial charge in [0.1, 0.15) is 5.75 Å². The number of nitrogens with one attached hydrogen (secondary N) is 1. The summed E-state index contributed by atoms with van der Waals surface area (Å²) in [6.07, 6.45) is 1.14. The number of benzene rings is 1. The van der Waals surface area contributed by atoms with Crippen LogP contribution in [-0.4, -0.2) is 43.8 Å². The van der Waals surface area contributed by atoms with Crippen molar-refractivity contribution in [2.45, 2.75) is 13.0 Å². The zero-order valence-corrected chi connectivity index (χ0v) is 13.1. The second-order valence-electron chi connectivity index (χ2n) is 5.92. The first kappa shape index (κ1) is 15.1. The van der Waals surface area contributed by atoms with E-state index in [1.165, 1.54) is 0 Å². The third kappa shape index (κ3) is 3.15. The highest BCUT2D eigenvalue weighted by atomic mass is 16.5. The first-order valence-electron chi connectivity index (χ1n) is 7.61. The molecule has 5 nitrogen and oxygen atoms in total. The molecule has 2 heterocycles. The normalized spacial score (nSPS) is 18.9. The molecule has 1 aromatic heterocycles. The standard InChI is InChI=1S/C17H22N2O3/c1-21-11-12-5-6-19(9-12)10-14-7-13-3-4-15(22-2)8-16(13)18-17(14)20/h3-4,7-8,12H,5-6,9-11H2,1-2H3,(H,18,20)/t12-/m0/s1. The number of hydrogen-bond donors (Lipinski definition) is 1. The molecule has 1 fully saturated rings. The summed E-state index contributed by atoms with van der Waals surface area (Å²) >= 11 is 0. The van der Waals surface area contributed by atoms with E-state index in [0.29, 0.717) is 12.5 Å². The molecular weight excluding hydrogens is 280 g/mol. The summed E-state index contributed by atoms with van der Waals surface area (Å²) in [5.41, 5.74) is 1.61. The van der Waals surface area contributed by atoms with Crippen molar-refractivity contribution in [2.75, 3.05) is 33.9 Å². The van der Waals surface area contributed by atoms with Crippen LogP contribution in [0.25, 0.3) is 10.9 Å². The molecule has 0 aliphatic carbocycles. The fourth-order valence-corrected chi connectivity index (χ4v) is 3.14. The maximum Gasteiger partial charge on any atom is 0.252 e. The molecule has 0 saturated carbocycles. The van der Waals surface area contributed by atoms with Crippen molar-refractivity contribution in [1.29, 1.82) is 0 Å². The van der Waals surface area contributed by atoms with Crippen molar-refractivity contribution in [1.82, 2.24) is 9.88 Å². The van der Waals surface area contributed by atoms with E-state index in [1.54, 1.807) is 14.2 Å². The summed E-state index contributed by atoms with van der Waals surface area (Å²) in [6.45, 7) is 3.50. The fraction of sp³-hybridized carbons (Fsp3) is 0.471. The van der Waals surface area contributed by atoms with E-state index >= 15 is 0 Å². The van der Waals surface area contributed by atoms with E-state index in [1.807, 2.05) is 24.3 Å². The highest BCUT2D eigenvalue weighted by Gasteiger charge is 2.23. The molecule has 118 valence electrons. The predicted molar refractivity (Wildman–Crippen MR) is 86.4 cm³/mol. The van der Waals surface area contributed by atoms with E-state index < -0.39 is 0 Å². The van der Waals surface area contributed by atoms with E-state index in [-0.39, 0.29) is 5.56 Å². The minimum Gasteiger partial charge on any atom is -0.497 e. The number of likely N-dealkylation sites (tertiary alicyclic amines) is 1. The van der Waals surface area contributed by atoms with Gasteiger partial charge in [-0.15, -0.1) is 0 Å². The lowest BCUT2D eigenvalue weighted by Gasteiger charge is -2.15. The molecule has 0 radical (unpaired) electrons. The first-order valence-corrected chi connectivity index (χ1v) is 7.61. The highest BCUT2D eigenvalue weighted by molar-refractivity contribution is 5.80. The molecule has 22 heavy (non-hydrogen) atoms. The number of aromatic nitrogens is 1. The van der Waals surface area contributed by atoms with Crippen LogP contribution in [0.1, 0.15) is 12.0 Å². The van der Waals surface area contributed by atoms with E-state index in [9.17, 15) is 4.79 Å². The molecule has 1 aromatic carbocycles. The molecule has 1 aliphatic rings. The maximum atomic E-state index is 12.3. The molecular formula is C17H22N2O3. The van der Waals surface area contributed by atoms with Gasteiger partial charge in [-0.1, -0.05) is 0 Å². The molecule has 2 aromatic rings. The number of rotatable bonds is 5. The van der Waals surface area contributed by atoms with Gasteiger partial charge in [-0.3, -0.25) is 9.69 Å². The molecule has 0 unspecified atom stereocenters. The SMILES string of the molecule is COC[C@H]1CCN(Cc2cc3ccc(OC)cc3[nH]c2=O)C1. The van der Waals surface area contributed by atoms with Crippen LogP contribution in [0, 0.1) is 5.92 Å². The Hall–Kier alpha value is -1.85. The van der Waals surface area contributed by atoms with Crippen molar-refractivity contribution in [3.8, 4) is 5.75 Å². The summed E-state index contributed by atoms with van der Waals surface area (Å²) in [7, 11) is 3.36. The zero-order valence-electron chi connectivity index (χ0n) is 13.1. The third-order valence-electron chi connectivity index (χ3n) is 4.30. The van der Waals surface area contributed by atoms with Crippen LogP contribution >= 0.6 is 0 Å². The minimum absolute atomic E-state index is 0.0176. The topological polar surface area (TPSA) is 54.6 Å². The maximum absolute atomic E-state index is 12.3. The van der Waals surface area contributed by atoms with E-state index in [2.05, 4.69) is 9.88 Å². The van der Waals surface area contributed by atoms with Crippen molar-refractivity contribution >= 4 is 10.9 Å². The Balaban J connectivity index is 1.80. The van der Waals surface area contributed by atoms with Crippen LogP contribution in [0.15, 0.2) is 29.1 Å². The lowest BCUT2D eigenvalue weighted by Crippen LogP contribution is -2.25. The van der Waals surface area contributed by atoms with Crippen LogP contribution in [0.3, 0.4) is 0 Å². The number of fused-ring (bicyclic) bond motifs is 1. The summed E-state index contributed by atoms with van der Waals surface area (Å²) < 4.78 is 10.4. The Kier molecular flexibility index (Phi) is 4.45. The Labute approximate surface area is 129 Å². The Morgan fingerprint density at radius 2 is 2.18 bits per heavy atom. The zero-order chi connectivity index (χ0) is 15.5. The molecule has 0 bridgehead atoms. The first-order chi connectivity index (χ1) is 10.7. The van der Waals surface area contributed by atoms with Crippen LogP contribution in [0.5, 0.6) is 5.75 Å². The Bertz CT molecular complexity index is 711. The second kappa shape index (κ2) is 6.50. The molecule has 0 spiro atoms. The average Bonchev–Trinajstić information content (AvgIpc) is 2.95. The fourth-order valence-electron chi connectivity index (χ4n) is 3.14. The predicted octanol–water partition coefficient (Wildman–Crippen LogP) is 2.00. The second-order valence-corrected chi connectivity index (χ2v) is 5.92. The van der Waals surface area contributed by atoms with Gasteiger partial charge in [0.2, 0.25) is 0 Å². The summed E-state index contributed by atoms with van der Waals surface area (Å²) in [5.74, 6) is 1.33. The van der Waals surface area contributed by atoms with Crippen molar-refractivity contribution in [2.24, 2.45) is 5.92 Å². The molecule has 3 rings (SSSR count). The van der Waals surface area contributed by atoms with E-state index in [0.717, 1.165) is 48.3 Å². The quantitative estimate of drug-likeness (QED) is 0.918. The van der Waals surface area contributed by atoms with Gasteiger partial charge in [-0.25, -0.2) is 0 Å². The highest BCUT2D eigenvalue weighted by Crippen LogP contribution is 2.21. The van der Waals surface area contributed by atoms with Gasteiger partial charge in [0, 0.05) is 31.8 Å². The van der Waals surface area contributed by atoms with Gasteiger partial charge < -0.3 is 14.5 Å². The van der Waals surface area contributed by atoms with Gasteiger partial charge in [0.15, 0.2) is 0 Å². The summed E-state index contributed by atoms with van der Waals surface area (Å²) in [6, 6.07) is 7.72. The number of nitrogens with zero attached hydrogens (tertiary/aromatic N) is 1. The van der Waals surface area contributed by atoms with Crippen LogP contribution in [-0.2, 0) is 11.3 Å². The molecule has 1 N–H and O–H groups in total. The molecule has 1 atom stereocenters. The van der Waals surface area contributed by atoms with Crippen LogP contribution in [0.2, 0.25) is 0 Å². The number of ether oxygens (including phenoxy) is 2. The van der Waals surface area contributed by atoms with E-state index in [4.69, 9.17) is 9.47 Å². The Morgan fingerprint density at radius 3 is 2.95 bits per heavy atom. The molecule has 0 amide bonds. The van der Waals surface area contributed by atoms with Gasteiger partial charge in [-0.05, 0) is 42.5 Å². The van der Waals surface area contributed by atoms with Crippen molar-refractivity contribution < 1.29 is 9.47 Å². The molecule has 1 aliphatic heterocycles. The number of methoxy groups -OCH3 is 2. The lowest BCUT2D eigenvalue weighted by atomic mass is 10.1. The number of pyridine rings is 1. The largest absolute Gasteiger partial charge is 0.497 e. The van der Waals surface area contributed by atoms with Gasteiger partial charge in [0.25, 0.3) is 5.56 Å². The third-order valence-corrected chi connectivity index (χ3v) is 4.30. The van der Waals surface area contributed by atoms with Crippen LogP contribution in [0.4, 0.5) is 0 Å². The van der Waals surface area contributed by atoms with Crippen molar-refractivity contribution in [3.05, 3.63) is 40.2 Å². The monoisotopic (exact) mass is 302 g/mol. The number of aromatic amines is 1. The van der Waals surface area contributed by atoms with Gasteiger partial charge >= 0.3 is 0 Å². The van der Waals surface area contributed by atoms with Crippen LogP contribution < -0.4 is 10.3 Å². The summed E-state index contributed by atoms with van der Waals surface area (Å²) in [5, 5.41) is 1.03. The Morgan fingerprint density at radius 1 is 1.32 bits per heavy atom. The number of H-pyrrole nitrogens is 1. The number of hydrogen-bond acceptors (Lipinski definition) is 4. The van der Waals surface area contributed by atoms with Gasteiger partial charge in [-0.2, -0.15) is 0 Å². The molecule has 5 heteroatoms. The minimum atomic E-state index is -0.0176. The smallest absolute Gasteiger partial charge is 0.252 e. The average molecular weight is 302 g/mol. The van der Waals surface area contributed by atoms with Crippen molar-refractivity contribution in [3.63, 3.8) is 0 Å². The van der Waals surface area contributed by atoms with Gasteiger partial charge in [0.05, 0.1) is 19.2 Å². The lowest BCUT2D eigenvalue weighted by molar-refractivity contribution is 0.152. The summed E-state index contributed by atoms with van der Waals surface area (Å²) in [4.78, 5) is 17.6.